The summed E-state index contributed by atoms with van der Waals surface area (Å²) in [6.45, 7) is 0. The standard InChI is InChI=1S/C36H23IN2/c37-26-16-20-28(21-17-26)39-32-13-7-5-11-30(32)36-34(39)23-22-33-35(36)29-10-4-6-12-31(29)38(33)27-18-14-25(15-19-27)24-8-2-1-3-9-24/h1-23H. The van der Waals surface area contributed by atoms with E-state index in [-0.39, 0.29) is 0 Å². The van der Waals surface area contributed by atoms with Crippen LogP contribution in [0.25, 0.3) is 66.1 Å². The maximum atomic E-state index is 2.41. The quantitative estimate of drug-likeness (QED) is 0.176. The van der Waals surface area contributed by atoms with Gasteiger partial charge in [-0.3, -0.25) is 0 Å². The van der Waals surface area contributed by atoms with Gasteiger partial charge in [-0.05, 0) is 94.4 Å². The van der Waals surface area contributed by atoms with Crippen LogP contribution >= 0.6 is 22.6 Å². The molecule has 6 aromatic carbocycles. The van der Waals surface area contributed by atoms with Crippen LogP contribution in [0.3, 0.4) is 0 Å². The van der Waals surface area contributed by atoms with Gasteiger partial charge in [-0.2, -0.15) is 0 Å². The third kappa shape index (κ3) is 3.46. The number of rotatable bonds is 3. The molecule has 3 heteroatoms. The van der Waals surface area contributed by atoms with Gasteiger partial charge in [0.05, 0.1) is 22.1 Å². The Morgan fingerprint density at radius 3 is 1.33 bits per heavy atom. The van der Waals surface area contributed by atoms with Crippen molar-refractivity contribution in [2.75, 3.05) is 0 Å². The van der Waals surface area contributed by atoms with Crippen molar-refractivity contribution in [3.63, 3.8) is 0 Å². The van der Waals surface area contributed by atoms with E-state index in [0.29, 0.717) is 0 Å². The first-order valence-corrected chi connectivity index (χ1v) is 14.2. The van der Waals surface area contributed by atoms with Gasteiger partial charge in [0.2, 0.25) is 0 Å². The molecule has 0 saturated heterocycles. The molecule has 0 atom stereocenters. The molecule has 39 heavy (non-hydrogen) atoms. The first-order valence-electron chi connectivity index (χ1n) is 13.1. The fourth-order valence-electron chi connectivity index (χ4n) is 6.10. The lowest BCUT2D eigenvalue weighted by Gasteiger charge is -2.10. The van der Waals surface area contributed by atoms with E-state index in [0.717, 1.165) is 0 Å². The lowest BCUT2D eigenvalue weighted by Crippen LogP contribution is -1.95. The van der Waals surface area contributed by atoms with Crippen molar-refractivity contribution in [2.24, 2.45) is 0 Å². The van der Waals surface area contributed by atoms with Crippen molar-refractivity contribution in [1.29, 1.82) is 0 Å². The minimum atomic E-state index is 1.17. The van der Waals surface area contributed by atoms with Crippen LogP contribution in [-0.4, -0.2) is 9.13 Å². The van der Waals surface area contributed by atoms with Crippen LogP contribution in [0.2, 0.25) is 0 Å². The number of fused-ring (bicyclic) bond motifs is 7. The average Bonchev–Trinajstić information content (AvgIpc) is 3.51. The molecule has 8 rings (SSSR count). The SMILES string of the molecule is Ic1ccc(-n2c3ccccc3c3c4c5ccccc5n(-c5ccc(-c6ccccc6)cc5)c4ccc32)cc1. The summed E-state index contributed by atoms with van der Waals surface area (Å²) in [4.78, 5) is 0. The summed E-state index contributed by atoms with van der Waals surface area (Å²) in [6.07, 6.45) is 0. The van der Waals surface area contributed by atoms with Gasteiger partial charge in [0.1, 0.15) is 0 Å². The molecule has 2 nitrogen and oxygen atoms in total. The zero-order chi connectivity index (χ0) is 25.9. The van der Waals surface area contributed by atoms with Crippen LogP contribution in [0.15, 0.2) is 140 Å². The number of benzene rings is 6. The Hall–Kier alpha value is -4.35. The van der Waals surface area contributed by atoms with Gasteiger partial charge >= 0.3 is 0 Å². The second-order valence-electron chi connectivity index (χ2n) is 9.95. The number of hydrogen-bond donors (Lipinski definition) is 0. The van der Waals surface area contributed by atoms with Gasteiger partial charge in [-0.1, -0.05) is 78.9 Å². The van der Waals surface area contributed by atoms with Crippen LogP contribution in [0.1, 0.15) is 0 Å². The summed E-state index contributed by atoms with van der Waals surface area (Å²) in [7, 11) is 0. The van der Waals surface area contributed by atoms with Crippen LogP contribution in [0.5, 0.6) is 0 Å². The molecule has 0 saturated carbocycles. The maximum absolute atomic E-state index is 2.41. The van der Waals surface area contributed by atoms with Gasteiger partial charge in [0, 0.05) is 36.5 Å². The highest BCUT2D eigenvalue weighted by Gasteiger charge is 2.20. The summed E-state index contributed by atoms with van der Waals surface area (Å²) in [5.74, 6) is 0. The Bertz CT molecular complexity index is 2150. The molecule has 0 unspecified atom stereocenters. The van der Waals surface area contributed by atoms with E-state index in [9.17, 15) is 0 Å². The van der Waals surface area contributed by atoms with Crippen LogP contribution in [0.4, 0.5) is 0 Å². The molecule has 0 aliphatic rings. The van der Waals surface area contributed by atoms with Crippen molar-refractivity contribution in [3.8, 4) is 22.5 Å². The van der Waals surface area contributed by atoms with Crippen molar-refractivity contribution in [1.82, 2.24) is 9.13 Å². The zero-order valence-corrected chi connectivity index (χ0v) is 23.2. The smallest absolute Gasteiger partial charge is 0.0548 e. The minimum absolute atomic E-state index is 1.17. The number of aromatic nitrogens is 2. The average molecular weight is 610 g/mol. The molecule has 0 aliphatic heterocycles. The van der Waals surface area contributed by atoms with Crippen molar-refractivity contribution < 1.29 is 0 Å². The van der Waals surface area contributed by atoms with E-state index in [1.165, 1.54) is 69.7 Å². The first kappa shape index (κ1) is 22.6. The molecule has 0 amide bonds. The molecule has 2 aromatic heterocycles. The zero-order valence-electron chi connectivity index (χ0n) is 21.1. The lowest BCUT2D eigenvalue weighted by atomic mass is 10.1. The second kappa shape index (κ2) is 8.85. The van der Waals surface area contributed by atoms with E-state index >= 15 is 0 Å². The van der Waals surface area contributed by atoms with Crippen LogP contribution < -0.4 is 0 Å². The van der Waals surface area contributed by atoms with Crippen molar-refractivity contribution in [3.05, 3.63) is 143 Å². The minimum Gasteiger partial charge on any atom is -0.309 e. The fraction of sp³-hybridized carbons (Fsp3) is 0. The number of nitrogens with zero attached hydrogens (tertiary/aromatic N) is 2. The number of halogens is 1. The predicted octanol–water partition coefficient (Wildman–Crippen LogP) is 10.2. The Morgan fingerprint density at radius 1 is 0.359 bits per heavy atom. The molecule has 0 N–H and O–H groups in total. The molecular weight excluding hydrogens is 587 g/mol. The molecule has 0 fully saturated rings. The maximum Gasteiger partial charge on any atom is 0.0548 e. The van der Waals surface area contributed by atoms with E-state index in [1.807, 2.05) is 0 Å². The highest BCUT2D eigenvalue weighted by atomic mass is 127. The fourth-order valence-corrected chi connectivity index (χ4v) is 6.46. The number of para-hydroxylation sites is 2. The van der Waals surface area contributed by atoms with Crippen LogP contribution in [0, 0.1) is 3.57 Å². The van der Waals surface area contributed by atoms with E-state index in [4.69, 9.17) is 0 Å². The molecule has 0 radical (unpaired) electrons. The summed E-state index contributed by atoms with van der Waals surface area (Å²) in [5, 5.41) is 5.16. The van der Waals surface area contributed by atoms with Gasteiger partial charge < -0.3 is 9.13 Å². The van der Waals surface area contributed by atoms with Gasteiger partial charge in [0.15, 0.2) is 0 Å². The molecule has 0 bridgehead atoms. The molecular formula is C36H23IN2. The number of hydrogen-bond acceptors (Lipinski definition) is 0. The molecule has 0 spiro atoms. The third-order valence-corrected chi connectivity index (χ3v) is 8.51. The van der Waals surface area contributed by atoms with Gasteiger partial charge in [0.25, 0.3) is 0 Å². The Labute approximate surface area is 239 Å². The third-order valence-electron chi connectivity index (χ3n) is 7.79. The highest BCUT2D eigenvalue weighted by molar-refractivity contribution is 14.1. The summed E-state index contributed by atoms with van der Waals surface area (Å²) in [6, 6.07) is 50.5. The topological polar surface area (TPSA) is 9.86 Å². The van der Waals surface area contributed by atoms with Gasteiger partial charge in [-0.15, -0.1) is 0 Å². The molecule has 2 heterocycles. The van der Waals surface area contributed by atoms with Crippen molar-refractivity contribution in [2.45, 2.75) is 0 Å². The summed E-state index contributed by atoms with van der Waals surface area (Å²) < 4.78 is 6.05. The summed E-state index contributed by atoms with van der Waals surface area (Å²) >= 11 is 2.37. The lowest BCUT2D eigenvalue weighted by molar-refractivity contribution is 1.17. The normalized spacial score (nSPS) is 11.7. The Kier molecular flexibility index (Phi) is 5.13. The van der Waals surface area contributed by atoms with Crippen molar-refractivity contribution >= 4 is 66.2 Å². The highest BCUT2D eigenvalue weighted by Crippen LogP contribution is 2.42. The van der Waals surface area contributed by atoms with E-state index < -0.39 is 0 Å². The molecule has 8 aromatic rings. The van der Waals surface area contributed by atoms with Gasteiger partial charge in [-0.25, -0.2) is 0 Å². The first-order chi connectivity index (χ1) is 19.3. The second-order valence-corrected chi connectivity index (χ2v) is 11.2. The molecule has 184 valence electrons. The van der Waals surface area contributed by atoms with E-state index in [2.05, 4.69) is 171 Å². The predicted molar refractivity (Wildman–Crippen MR) is 173 cm³/mol. The van der Waals surface area contributed by atoms with Crippen LogP contribution in [-0.2, 0) is 0 Å². The Morgan fingerprint density at radius 2 is 0.795 bits per heavy atom. The Balaban J connectivity index is 1.45. The molecule has 0 aliphatic carbocycles. The summed E-state index contributed by atoms with van der Waals surface area (Å²) in [5.41, 5.74) is 9.71. The largest absolute Gasteiger partial charge is 0.309 e. The van der Waals surface area contributed by atoms with E-state index in [1.54, 1.807) is 0 Å². The monoisotopic (exact) mass is 610 g/mol.